The molecular formula is C22H22F2N4O2. The van der Waals surface area contributed by atoms with E-state index in [0.29, 0.717) is 17.8 Å². The number of hydrogen-bond donors (Lipinski definition) is 2. The molecule has 0 saturated heterocycles. The van der Waals surface area contributed by atoms with Crippen molar-refractivity contribution >= 4 is 22.5 Å². The molecule has 6 nitrogen and oxygen atoms in total. The zero-order chi connectivity index (χ0) is 21.5. The second-order valence-corrected chi connectivity index (χ2v) is 7.72. The number of rotatable bonds is 6. The molecule has 1 saturated carbocycles. The Bertz CT molecular complexity index is 1120. The number of pyridine rings is 3. The first-order valence-corrected chi connectivity index (χ1v) is 9.88. The van der Waals surface area contributed by atoms with Crippen LogP contribution in [0.5, 0.6) is 0 Å². The average Bonchev–Trinajstić information content (AvgIpc) is 3.36. The minimum atomic E-state index is -2.91. The molecule has 30 heavy (non-hydrogen) atoms. The van der Waals surface area contributed by atoms with E-state index in [2.05, 4.69) is 20.3 Å². The first-order valence-electron chi connectivity index (χ1n) is 9.88. The van der Waals surface area contributed by atoms with E-state index in [-0.39, 0.29) is 5.82 Å². The minimum absolute atomic E-state index is 0.219. The molecule has 156 valence electrons. The zero-order valence-electron chi connectivity index (χ0n) is 16.7. The van der Waals surface area contributed by atoms with E-state index in [1.807, 2.05) is 26.0 Å². The quantitative estimate of drug-likeness (QED) is 0.625. The van der Waals surface area contributed by atoms with Gasteiger partial charge in [-0.25, -0.2) is 13.8 Å². The molecular weight excluding hydrogens is 390 g/mol. The Balaban J connectivity index is 1.56. The van der Waals surface area contributed by atoms with Crippen molar-refractivity contribution in [2.24, 2.45) is 5.92 Å². The summed E-state index contributed by atoms with van der Waals surface area (Å²) in [4.78, 5) is 24.9. The molecule has 2 N–H and O–H groups in total. The molecule has 1 aliphatic rings. The Hall–Kier alpha value is -3.00. The highest BCUT2D eigenvalue weighted by Crippen LogP contribution is 2.49. The summed E-state index contributed by atoms with van der Waals surface area (Å²) in [5.74, 6) is -4.68. The summed E-state index contributed by atoms with van der Waals surface area (Å²) < 4.78 is 26.1. The number of nitrogens with one attached hydrogen (secondary N) is 1. The predicted octanol–water partition coefficient (Wildman–Crippen LogP) is 4.43. The SMILES string of the molecule is CCCC(O)c1cc(C)c(-c2cc3cnc(NC(=O)[C@H]4CC4(F)F)cc3cn2)cn1. The lowest BCUT2D eigenvalue weighted by Crippen LogP contribution is -2.18. The molecule has 3 heterocycles. The smallest absolute Gasteiger partial charge is 0.260 e. The Morgan fingerprint density at radius 2 is 1.90 bits per heavy atom. The maximum Gasteiger partial charge on any atom is 0.260 e. The lowest BCUT2D eigenvalue weighted by molar-refractivity contribution is -0.119. The van der Waals surface area contributed by atoms with Crippen LogP contribution in [0.2, 0.25) is 0 Å². The molecule has 4 rings (SSSR count). The summed E-state index contributed by atoms with van der Waals surface area (Å²) in [6.45, 7) is 3.95. The third kappa shape index (κ3) is 4.00. The van der Waals surface area contributed by atoms with E-state index in [1.54, 1.807) is 24.7 Å². The van der Waals surface area contributed by atoms with Crippen molar-refractivity contribution < 1.29 is 18.7 Å². The molecule has 0 spiro atoms. The van der Waals surface area contributed by atoms with Gasteiger partial charge < -0.3 is 10.4 Å². The van der Waals surface area contributed by atoms with Gasteiger partial charge in [0, 0.05) is 41.3 Å². The van der Waals surface area contributed by atoms with Crippen LogP contribution in [0.4, 0.5) is 14.6 Å². The summed E-state index contributed by atoms with van der Waals surface area (Å²) in [6, 6.07) is 5.33. The molecule has 0 bridgehead atoms. The largest absolute Gasteiger partial charge is 0.387 e. The Morgan fingerprint density at radius 1 is 1.20 bits per heavy atom. The van der Waals surface area contributed by atoms with Gasteiger partial charge in [-0.15, -0.1) is 0 Å². The highest BCUT2D eigenvalue weighted by atomic mass is 19.3. The fourth-order valence-corrected chi connectivity index (χ4v) is 3.41. The number of aromatic nitrogens is 3. The van der Waals surface area contributed by atoms with Gasteiger partial charge in [0.2, 0.25) is 5.91 Å². The molecule has 0 radical (unpaired) electrons. The van der Waals surface area contributed by atoms with Gasteiger partial charge >= 0.3 is 0 Å². The number of carbonyl (C=O) groups is 1. The average molecular weight is 412 g/mol. The van der Waals surface area contributed by atoms with Gasteiger partial charge in [0.25, 0.3) is 5.92 Å². The molecule has 3 aromatic rings. The molecule has 3 aromatic heterocycles. The number of hydrogen-bond acceptors (Lipinski definition) is 5. The summed E-state index contributed by atoms with van der Waals surface area (Å²) in [6.07, 6.45) is 5.45. The second kappa shape index (κ2) is 7.68. The Kier molecular flexibility index (Phi) is 5.19. The molecule has 1 fully saturated rings. The fourth-order valence-electron chi connectivity index (χ4n) is 3.41. The minimum Gasteiger partial charge on any atom is -0.387 e. The predicted molar refractivity (Wildman–Crippen MR) is 109 cm³/mol. The zero-order valence-corrected chi connectivity index (χ0v) is 16.7. The van der Waals surface area contributed by atoms with Crippen LogP contribution in [0, 0.1) is 12.8 Å². The van der Waals surface area contributed by atoms with Gasteiger partial charge in [-0.3, -0.25) is 14.8 Å². The fraction of sp³-hybridized carbons (Fsp3) is 0.364. The van der Waals surface area contributed by atoms with Crippen molar-refractivity contribution in [1.29, 1.82) is 0 Å². The number of amides is 1. The number of anilines is 1. The normalized spacial score (nSPS) is 18.2. The summed E-state index contributed by atoms with van der Waals surface area (Å²) in [5.41, 5.74) is 3.14. The number of fused-ring (bicyclic) bond motifs is 1. The van der Waals surface area contributed by atoms with Crippen molar-refractivity contribution in [3.05, 3.63) is 48.0 Å². The third-order valence-electron chi connectivity index (χ3n) is 5.31. The van der Waals surface area contributed by atoms with E-state index in [9.17, 15) is 18.7 Å². The summed E-state index contributed by atoms with van der Waals surface area (Å²) >= 11 is 0. The van der Waals surface area contributed by atoms with Crippen LogP contribution in [-0.4, -0.2) is 31.9 Å². The van der Waals surface area contributed by atoms with E-state index in [1.165, 1.54) is 0 Å². The summed E-state index contributed by atoms with van der Waals surface area (Å²) in [5, 5.41) is 14.1. The van der Waals surface area contributed by atoms with Gasteiger partial charge in [-0.05, 0) is 37.1 Å². The first kappa shape index (κ1) is 20.3. The number of nitrogens with zero attached hydrogens (tertiary/aromatic N) is 3. The van der Waals surface area contributed by atoms with Gasteiger partial charge in [0.15, 0.2) is 0 Å². The molecule has 8 heteroatoms. The maximum atomic E-state index is 13.0. The van der Waals surface area contributed by atoms with Gasteiger partial charge in [0.1, 0.15) is 11.7 Å². The molecule has 0 aromatic carbocycles. The van der Waals surface area contributed by atoms with Crippen LogP contribution in [0.1, 0.15) is 43.5 Å². The molecule has 1 aliphatic carbocycles. The van der Waals surface area contributed by atoms with Gasteiger partial charge in [-0.1, -0.05) is 13.3 Å². The lowest BCUT2D eigenvalue weighted by Gasteiger charge is -2.12. The second-order valence-electron chi connectivity index (χ2n) is 7.72. The Labute approximate surface area is 172 Å². The van der Waals surface area contributed by atoms with Crippen molar-refractivity contribution in [1.82, 2.24) is 15.0 Å². The first-order chi connectivity index (χ1) is 14.3. The van der Waals surface area contributed by atoms with Gasteiger partial charge in [0.05, 0.1) is 17.5 Å². The Morgan fingerprint density at radius 3 is 2.57 bits per heavy atom. The van der Waals surface area contributed by atoms with E-state index < -0.39 is 30.3 Å². The van der Waals surface area contributed by atoms with Crippen LogP contribution in [0.25, 0.3) is 22.0 Å². The van der Waals surface area contributed by atoms with Crippen molar-refractivity contribution in [2.75, 3.05) is 5.32 Å². The standard InChI is InChI=1S/C22H22F2N4O2/c1-3-4-19(29)18-5-12(2)15(11-26-18)17-6-13-10-27-20(7-14(13)9-25-17)28-21(30)16-8-22(16,23)24/h5-7,9-11,16,19,29H,3-4,8H2,1-2H3,(H,27,28,30)/t16-,19?/m1/s1. The van der Waals surface area contributed by atoms with Crippen molar-refractivity contribution in [3.63, 3.8) is 0 Å². The molecule has 2 atom stereocenters. The molecule has 0 aliphatic heterocycles. The van der Waals surface area contributed by atoms with Crippen molar-refractivity contribution in [2.45, 2.75) is 45.1 Å². The molecule has 1 unspecified atom stereocenters. The lowest BCUT2D eigenvalue weighted by atomic mass is 10.0. The monoisotopic (exact) mass is 412 g/mol. The molecule has 1 amide bonds. The van der Waals surface area contributed by atoms with Crippen LogP contribution in [-0.2, 0) is 4.79 Å². The highest BCUT2D eigenvalue weighted by molar-refractivity contribution is 5.96. The highest BCUT2D eigenvalue weighted by Gasteiger charge is 2.61. The van der Waals surface area contributed by atoms with Crippen LogP contribution >= 0.6 is 0 Å². The van der Waals surface area contributed by atoms with E-state index in [0.717, 1.165) is 28.3 Å². The number of carbonyl (C=O) groups excluding carboxylic acids is 1. The summed E-state index contributed by atoms with van der Waals surface area (Å²) in [7, 11) is 0. The van der Waals surface area contributed by atoms with Crippen LogP contribution in [0.15, 0.2) is 36.8 Å². The number of aryl methyl sites for hydroxylation is 1. The maximum absolute atomic E-state index is 13.0. The van der Waals surface area contributed by atoms with Gasteiger partial charge in [-0.2, -0.15) is 0 Å². The van der Waals surface area contributed by atoms with E-state index in [4.69, 9.17) is 0 Å². The van der Waals surface area contributed by atoms with Crippen LogP contribution in [0.3, 0.4) is 0 Å². The number of halogens is 2. The third-order valence-corrected chi connectivity index (χ3v) is 5.31. The van der Waals surface area contributed by atoms with Crippen molar-refractivity contribution in [3.8, 4) is 11.3 Å². The van der Waals surface area contributed by atoms with Crippen LogP contribution < -0.4 is 5.32 Å². The topological polar surface area (TPSA) is 88.0 Å². The van der Waals surface area contributed by atoms with E-state index >= 15 is 0 Å². The number of alkyl halides is 2. The number of aliphatic hydroxyl groups excluding tert-OH is 1. The number of aliphatic hydroxyl groups is 1.